The molecule has 2 aliphatic carbocycles. The third-order valence-corrected chi connectivity index (χ3v) is 9.75. The van der Waals surface area contributed by atoms with Gasteiger partial charge in [0.15, 0.2) is 0 Å². The highest BCUT2D eigenvalue weighted by Gasteiger charge is 2.47. The average Bonchev–Trinajstić information content (AvgIpc) is 3.70. The van der Waals surface area contributed by atoms with Gasteiger partial charge in [-0.25, -0.2) is 13.1 Å². The summed E-state index contributed by atoms with van der Waals surface area (Å²) in [5, 5.41) is 22.1. The van der Waals surface area contributed by atoms with Crippen LogP contribution in [0.1, 0.15) is 76.9 Å². The van der Waals surface area contributed by atoms with E-state index in [2.05, 4.69) is 15.6 Å². The molecule has 1 aromatic heterocycles. The summed E-state index contributed by atoms with van der Waals surface area (Å²) in [6.45, 7) is 6.67. The third kappa shape index (κ3) is 5.31. The number of carbonyl (C=O) groups is 2. The molecule has 0 spiro atoms. The first-order chi connectivity index (χ1) is 16.9. The minimum absolute atomic E-state index is 0.0717. The number of nitrogens with one attached hydrogen (secondary N) is 1. The molecule has 0 bridgehead atoms. The Hall–Kier alpha value is -2.05. The molecule has 0 radical (unpaired) electrons. The van der Waals surface area contributed by atoms with E-state index < -0.39 is 33.6 Å². The second-order valence-electron chi connectivity index (χ2n) is 12.0. The molecule has 200 valence electrons. The van der Waals surface area contributed by atoms with Gasteiger partial charge in [0.1, 0.15) is 12.1 Å². The lowest BCUT2D eigenvalue weighted by atomic mass is 9.85. The summed E-state index contributed by atoms with van der Waals surface area (Å²) in [6.07, 6.45) is 5.83. The molecule has 4 fully saturated rings. The number of carbonyl (C=O) groups excluding carboxylic acids is 2. The Kier molecular flexibility index (Phi) is 6.65. The smallest absolute Gasteiger partial charge is 0.248 e. The standard InChI is InChI=1S/C24H38N6O5S/c1-24(2,3)21(30-14-19(26-27-30)16-7-8-16)23(33)29-12-17(31)11-20(29)22(32)25-18(15-5-6-15)13-28-9-4-10-36(28,34)35/h14-18,20-21,31H,4-13H2,1-3H3,(H,25,32)/t17?,18?,20?,21-/m1/s1. The highest BCUT2D eigenvalue weighted by molar-refractivity contribution is 7.89. The third-order valence-electron chi connectivity index (χ3n) is 7.83. The van der Waals surface area contributed by atoms with Crippen LogP contribution in [0.2, 0.25) is 0 Å². The molecule has 1 aromatic rings. The van der Waals surface area contributed by atoms with E-state index in [0.29, 0.717) is 18.9 Å². The van der Waals surface area contributed by atoms with Crippen LogP contribution in [0.15, 0.2) is 6.20 Å². The van der Waals surface area contributed by atoms with Crippen LogP contribution in [-0.4, -0.2) is 93.1 Å². The summed E-state index contributed by atoms with van der Waals surface area (Å²) in [6, 6.07) is -1.79. The van der Waals surface area contributed by atoms with Crippen LogP contribution in [0.25, 0.3) is 0 Å². The van der Waals surface area contributed by atoms with E-state index in [1.807, 2.05) is 27.0 Å². The number of β-amino-alcohol motifs (C(OH)–C–C–N with tert-alkyl or cyclic N) is 1. The van der Waals surface area contributed by atoms with Crippen molar-refractivity contribution < 1.29 is 23.1 Å². The van der Waals surface area contributed by atoms with Crippen molar-refractivity contribution in [1.29, 1.82) is 0 Å². The van der Waals surface area contributed by atoms with Crippen LogP contribution < -0.4 is 5.32 Å². The molecule has 5 rings (SSSR count). The quantitative estimate of drug-likeness (QED) is 0.511. The lowest BCUT2D eigenvalue weighted by Gasteiger charge is -2.35. The van der Waals surface area contributed by atoms with Gasteiger partial charge < -0.3 is 15.3 Å². The monoisotopic (exact) mass is 522 g/mol. The van der Waals surface area contributed by atoms with Crippen LogP contribution in [0.4, 0.5) is 0 Å². The van der Waals surface area contributed by atoms with Crippen molar-refractivity contribution in [3.63, 3.8) is 0 Å². The number of sulfonamides is 1. The van der Waals surface area contributed by atoms with Crippen LogP contribution in [0, 0.1) is 11.3 Å². The maximum Gasteiger partial charge on any atom is 0.248 e. The maximum atomic E-state index is 13.9. The fourth-order valence-corrected chi connectivity index (χ4v) is 7.08. The summed E-state index contributed by atoms with van der Waals surface area (Å²) in [4.78, 5) is 28.9. The highest BCUT2D eigenvalue weighted by atomic mass is 32.2. The number of likely N-dealkylation sites (tertiary alicyclic amines) is 1. The summed E-state index contributed by atoms with van der Waals surface area (Å²) in [5.41, 5.74) is 0.387. The molecular formula is C24H38N6O5S. The maximum absolute atomic E-state index is 13.9. The fraction of sp³-hybridized carbons (Fsp3) is 0.833. The average molecular weight is 523 g/mol. The number of nitrogens with zero attached hydrogens (tertiary/aromatic N) is 5. The van der Waals surface area contributed by atoms with Gasteiger partial charge in [-0.2, -0.15) is 4.31 Å². The van der Waals surface area contributed by atoms with Crippen LogP contribution >= 0.6 is 0 Å². The predicted molar refractivity (Wildman–Crippen MR) is 131 cm³/mol. The zero-order valence-electron chi connectivity index (χ0n) is 21.3. The largest absolute Gasteiger partial charge is 0.391 e. The van der Waals surface area contributed by atoms with Crippen LogP contribution in [0.3, 0.4) is 0 Å². The molecule has 4 aliphatic rings. The number of aliphatic hydroxyl groups excluding tert-OH is 1. The first-order valence-corrected chi connectivity index (χ1v) is 14.7. The Morgan fingerprint density at radius 1 is 1.22 bits per heavy atom. The minimum Gasteiger partial charge on any atom is -0.391 e. The molecule has 11 nitrogen and oxygen atoms in total. The van der Waals surface area contributed by atoms with Crippen LogP contribution in [-0.2, 0) is 19.6 Å². The fourth-order valence-electron chi connectivity index (χ4n) is 5.53. The summed E-state index contributed by atoms with van der Waals surface area (Å²) in [5.74, 6) is 0.183. The van der Waals surface area contributed by atoms with E-state index in [-0.39, 0.29) is 49.0 Å². The molecule has 2 saturated carbocycles. The molecule has 36 heavy (non-hydrogen) atoms. The van der Waals surface area contributed by atoms with Crippen LogP contribution in [0.5, 0.6) is 0 Å². The summed E-state index contributed by atoms with van der Waals surface area (Å²) in [7, 11) is -3.27. The lowest BCUT2D eigenvalue weighted by molar-refractivity contribution is -0.144. The van der Waals surface area contributed by atoms with Gasteiger partial charge in [-0.1, -0.05) is 26.0 Å². The van der Waals surface area contributed by atoms with Gasteiger partial charge in [-0.3, -0.25) is 9.59 Å². The minimum atomic E-state index is -3.27. The Bertz CT molecular complexity index is 1110. The van der Waals surface area contributed by atoms with E-state index in [0.717, 1.165) is 31.4 Å². The molecule has 4 atom stereocenters. The van der Waals surface area contributed by atoms with Gasteiger partial charge >= 0.3 is 0 Å². The van der Waals surface area contributed by atoms with Gasteiger partial charge in [0.05, 0.1) is 17.6 Å². The molecule has 3 heterocycles. The highest BCUT2D eigenvalue weighted by Crippen LogP contribution is 2.40. The van der Waals surface area contributed by atoms with Crippen molar-refractivity contribution in [3.05, 3.63) is 11.9 Å². The van der Waals surface area contributed by atoms with Crippen molar-refractivity contribution in [2.24, 2.45) is 11.3 Å². The van der Waals surface area contributed by atoms with E-state index in [1.54, 1.807) is 4.68 Å². The van der Waals surface area contributed by atoms with E-state index in [4.69, 9.17) is 0 Å². The summed E-state index contributed by atoms with van der Waals surface area (Å²) >= 11 is 0. The molecule has 2 saturated heterocycles. The first-order valence-electron chi connectivity index (χ1n) is 13.1. The Morgan fingerprint density at radius 3 is 2.53 bits per heavy atom. The number of aromatic nitrogens is 3. The predicted octanol–water partition coefficient (Wildman–Crippen LogP) is 0.635. The molecular weight excluding hydrogens is 484 g/mol. The van der Waals surface area contributed by atoms with Crippen molar-refractivity contribution in [1.82, 2.24) is 29.5 Å². The number of rotatable bonds is 8. The van der Waals surface area contributed by atoms with Gasteiger partial charge in [0, 0.05) is 44.2 Å². The lowest BCUT2D eigenvalue weighted by Crippen LogP contribution is -2.54. The molecule has 12 heteroatoms. The Balaban J connectivity index is 1.33. The van der Waals surface area contributed by atoms with Crippen molar-refractivity contribution in [3.8, 4) is 0 Å². The van der Waals surface area contributed by atoms with Crippen molar-refractivity contribution in [2.45, 2.75) is 89.4 Å². The van der Waals surface area contributed by atoms with E-state index >= 15 is 0 Å². The van der Waals surface area contributed by atoms with Gasteiger partial charge in [0.2, 0.25) is 21.8 Å². The Labute approximate surface area is 212 Å². The number of hydrogen-bond acceptors (Lipinski definition) is 7. The normalized spacial score (nSPS) is 28.3. The van der Waals surface area contributed by atoms with Gasteiger partial charge in [0.25, 0.3) is 0 Å². The van der Waals surface area contributed by atoms with Crippen molar-refractivity contribution >= 4 is 21.8 Å². The zero-order chi connectivity index (χ0) is 25.8. The molecule has 2 aliphatic heterocycles. The molecule has 3 unspecified atom stereocenters. The number of hydrogen-bond donors (Lipinski definition) is 2. The molecule has 0 aromatic carbocycles. The van der Waals surface area contributed by atoms with E-state index in [9.17, 15) is 23.1 Å². The summed E-state index contributed by atoms with van der Waals surface area (Å²) < 4.78 is 27.7. The van der Waals surface area contributed by atoms with E-state index in [1.165, 1.54) is 9.21 Å². The topological polar surface area (TPSA) is 138 Å². The second kappa shape index (κ2) is 9.36. The molecule has 2 amide bonds. The second-order valence-corrected chi connectivity index (χ2v) is 14.1. The Morgan fingerprint density at radius 2 is 1.94 bits per heavy atom. The van der Waals surface area contributed by atoms with Gasteiger partial charge in [-0.05, 0) is 43.4 Å². The van der Waals surface area contributed by atoms with Gasteiger partial charge in [-0.15, -0.1) is 5.10 Å². The molecule has 2 N–H and O–H groups in total. The number of aliphatic hydroxyl groups is 1. The first kappa shape index (κ1) is 25.6. The van der Waals surface area contributed by atoms with Crippen molar-refractivity contribution in [2.75, 3.05) is 25.4 Å². The number of amides is 2. The zero-order valence-corrected chi connectivity index (χ0v) is 22.2. The SMILES string of the molecule is CC(C)(C)[C@@H](C(=O)N1CC(O)CC1C(=O)NC(CN1CCCS1(=O)=O)C1CC1)n1cc(C2CC2)nn1.